The number of benzene rings is 2. The summed E-state index contributed by atoms with van der Waals surface area (Å²) in [6.07, 6.45) is 3.04. The van der Waals surface area contributed by atoms with E-state index in [1.807, 2.05) is 37.5 Å². The van der Waals surface area contributed by atoms with Gasteiger partial charge in [0, 0.05) is 17.6 Å². The highest BCUT2D eigenvalue weighted by Crippen LogP contribution is 2.25. The summed E-state index contributed by atoms with van der Waals surface area (Å²) in [4.78, 5) is 17.4. The average molecular weight is 476 g/mol. The van der Waals surface area contributed by atoms with Gasteiger partial charge in [-0.1, -0.05) is 49.2 Å². The minimum absolute atomic E-state index is 0.0562. The van der Waals surface area contributed by atoms with Crippen LogP contribution in [0.3, 0.4) is 0 Å². The van der Waals surface area contributed by atoms with E-state index in [1.165, 1.54) is 0 Å². The molecule has 0 saturated heterocycles. The highest BCUT2D eigenvalue weighted by Gasteiger charge is 2.24. The molecule has 0 aliphatic heterocycles. The molecular weight excluding hydrogens is 450 g/mol. The van der Waals surface area contributed by atoms with Gasteiger partial charge in [0.1, 0.15) is 17.3 Å². The molecule has 0 spiro atoms. The number of hydrogen-bond acceptors (Lipinski definition) is 5. The van der Waals surface area contributed by atoms with Gasteiger partial charge >= 0.3 is 0 Å². The molecule has 0 fully saturated rings. The monoisotopic (exact) mass is 475 g/mol. The van der Waals surface area contributed by atoms with E-state index in [0.717, 1.165) is 21.9 Å². The highest BCUT2D eigenvalue weighted by molar-refractivity contribution is 7.75. The third kappa shape index (κ3) is 5.49. The van der Waals surface area contributed by atoms with E-state index in [1.54, 1.807) is 36.5 Å². The number of imidazole rings is 1. The molecular formula is C23H26ClN3O4S. The van der Waals surface area contributed by atoms with Gasteiger partial charge < -0.3 is 9.30 Å². The summed E-state index contributed by atoms with van der Waals surface area (Å²) in [6.45, 7) is 6.84. The SMILES string of the molecule is CCCOc1ccc(Cn2cc(C(=O)N(c3ccc(C)cc3)[SH](=O)=O)nc2CC)c(Cl)c1. The number of aromatic nitrogens is 2. The fraction of sp³-hybridized carbons (Fsp3) is 0.304. The molecule has 0 bridgehead atoms. The molecule has 0 aliphatic carbocycles. The number of nitrogens with zero attached hydrogens (tertiary/aromatic N) is 3. The van der Waals surface area contributed by atoms with Crippen molar-refractivity contribution in [2.24, 2.45) is 0 Å². The van der Waals surface area contributed by atoms with Gasteiger partial charge in [-0.2, -0.15) is 0 Å². The summed E-state index contributed by atoms with van der Waals surface area (Å²) < 4.78 is 31.9. The van der Waals surface area contributed by atoms with Crippen LogP contribution in [-0.2, 0) is 23.9 Å². The Kier molecular flexibility index (Phi) is 7.93. The van der Waals surface area contributed by atoms with Crippen LogP contribution in [0.25, 0.3) is 0 Å². The molecule has 9 heteroatoms. The summed E-state index contributed by atoms with van der Waals surface area (Å²) in [5.41, 5.74) is 2.13. The lowest BCUT2D eigenvalue weighted by molar-refractivity contribution is 0.100. The minimum Gasteiger partial charge on any atom is -0.494 e. The van der Waals surface area contributed by atoms with Gasteiger partial charge in [0.15, 0.2) is 0 Å². The second-order valence-electron chi connectivity index (χ2n) is 7.32. The van der Waals surface area contributed by atoms with E-state index < -0.39 is 16.8 Å². The number of rotatable bonds is 9. The Morgan fingerprint density at radius 1 is 1.16 bits per heavy atom. The van der Waals surface area contributed by atoms with Gasteiger partial charge in [0.25, 0.3) is 5.91 Å². The van der Waals surface area contributed by atoms with Gasteiger partial charge in [0.2, 0.25) is 10.9 Å². The van der Waals surface area contributed by atoms with Crippen LogP contribution in [0.4, 0.5) is 5.69 Å². The summed E-state index contributed by atoms with van der Waals surface area (Å²) in [5, 5.41) is 0.547. The quantitative estimate of drug-likeness (QED) is 0.463. The Morgan fingerprint density at radius 2 is 1.88 bits per heavy atom. The maximum atomic E-state index is 13.0. The van der Waals surface area contributed by atoms with E-state index >= 15 is 0 Å². The first-order valence-corrected chi connectivity index (χ1v) is 11.9. The van der Waals surface area contributed by atoms with Crippen molar-refractivity contribution in [2.45, 2.75) is 40.2 Å². The lowest BCUT2D eigenvalue weighted by atomic mass is 10.2. The molecule has 0 unspecified atom stereocenters. The first-order chi connectivity index (χ1) is 15.3. The molecule has 0 N–H and O–H groups in total. The zero-order valence-electron chi connectivity index (χ0n) is 18.2. The van der Waals surface area contributed by atoms with Crippen LogP contribution in [0.5, 0.6) is 5.75 Å². The Labute approximate surface area is 194 Å². The molecule has 1 amide bonds. The zero-order valence-corrected chi connectivity index (χ0v) is 19.9. The molecule has 32 heavy (non-hydrogen) atoms. The number of halogens is 1. The second-order valence-corrected chi connectivity index (χ2v) is 8.60. The number of carbonyl (C=O) groups excluding carboxylic acids is 1. The first kappa shape index (κ1) is 23.8. The van der Waals surface area contributed by atoms with Gasteiger partial charge in [-0.15, -0.1) is 0 Å². The van der Waals surface area contributed by atoms with Crippen LogP contribution in [0, 0.1) is 6.92 Å². The number of anilines is 1. The van der Waals surface area contributed by atoms with Gasteiger partial charge in [-0.3, -0.25) is 4.79 Å². The molecule has 7 nitrogen and oxygen atoms in total. The molecule has 1 aromatic heterocycles. The molecule has 0 atom stereocenters. The minimum atomic E-state index is -3.18. The van der Waals surface area contributed by atoms with Gasteiger partial charge in [-0.25, -0.2) is 17.7 Å². The van der Waals surface area contributed by atoms with Gasteiger partial charge in [0.05, 0.1) is 18.8 Å². The third-order valence-electron chi connectivity index (χ3n) is 4.87. The van der Waals surface area contributed by atoms with Crippen LogP contribution in [0.1, 0.15) is 47.7 Å². The van der Waals surface area contributed by atoms with Crippen molar-refractivity contribution >= 4 is 34.1 Å². The van der Waals surface area contributed by atoms with Crippen molar-refractivity contribution in [2.75, 3.05) is 10.9 Å². The second kappa shape index (κ2) is 10.7. The van der Waals surface area contributed by atoms with Gasteiger partial charge in [-0.05, 0) is 43.2 Å². The van der Waals surface area contributed by atoms with E-state index in [0.29, 0.717) is 36.2 Å². The van der Waals surface area contributed by atoms with Crippen molar-refractivity contribution in [3.63, 3.8) is 0 Å². The summed E-state index contributed by atoms with van der Waals surface area (Å²) in [5.74, 6) is 0.652. The van der Waals surface area contributed by atoms with Crippen LogP contribution in [0.15, 0.2) is 48.7 Å². The van der Waals surface area contributed by atoms with Crippen molar-refractivity contribution in [1.29, 1.82) is 0 Å². The molecule has 0 aliphatic rings. The highest BCUT2D eigenvalue weighted by atomic mass is 35.5. The Bertz CT molecular complexity index is 1160. The fourth-order valence-electron chi connectivity index (χ4n) is 3.21. The van der Waals surface area contributed by atoms with Crippen molar-refractivity contribution in [3.8, 4) is 5.75 Å². The Balaban J connectivity index is 1.88. The lowest BCUT2D eigenvalue weighted by Crippen LogP contribution is -2.29. The number of aryl methyl sites for hydroxylation is 2. The van der Waals surface area contributed by atoms with Crippen LogP contribution in [0.2, 0.25) is 5.02 Å². The van der Waals surface area contributed by atoms with E-state index in [-0.39, 0.29) is 11.4 Å². The molecule has 1 heterocycles. The third-order valence-corrected chi connectivity index (χ3v) is 5.96. The zero-order chi connectivity index (χ0) is 23.3. The molecule has 3 aromatic rings. The Morgan fingerprint density at radius 3 is 2.47 bits per heavy atom. The number of carbonyl (C=O) groups is 1. The topological polar surface area (TPSA) is 81.5 Å². The van der Waals surface area contributed by atoms with E-state index in [9.17, 15) is 13.2 Å². The predicted octanol–water partition coefficient (Wildman–Crippen LogP) is 4.42. The average Bonchev–Trinajstić information content (AvgIpc) is 3.18. The number of thiol groups is 1. The summed E-state index contributed by atoms with van der Waals surface area (Å²) in [7, 11) is -3.18. The summed E-state index contributed by atoms with van der Waals surface area (Å²) in [6, 6.07) is 12.2. The predicted molar refractivity (Wildman–Crippen MR) is 126 cm³/mol. The van der Waals surface area contributed by atoms with Crippen molar-refractivity contribution in [3.05, 3.63) is 76.3 Å². The van der Waals surface area contributed by atoms with E-state index in [4.69, 9.17) is 16.3 Å². The number of ether oxygens (including phenoxy) is 1. The fourth-order valence-corrected chi connectivity index (χ4v) is 4.01. The van der Waals surface area contributed by atoms with Crippen molar-refractivity contribution < 1.29 is 17.9 Å². The largest absolute Gasteiger partial charge is 0.494 e. The van der Waals surface area contributed by atoms with Crippen LogP contribution in [-0.4, -0.2) is 30.5 Å². The van der Waals surface area contributed by atoms with Crippen LogP contribution < -0.4 is 9.04 Å². The lowest BCUT2D eigenvalue weighted by Gasteiger charge is -2.14. The summed E-state index contributed by atoms with van der Waals surface area (Å²) >= 11 is 6.44. The van der Waals surface area contributed by atoms with Crippen LogP contribution >= 0.6 is 11.6 Å². The number of hydrogen-bond donors (Lipinski definition) is 1. The van der Waals surface area contributed by atoms with Crippen molar-refractivity contribution in [1.82, 2.24) is 9.55 Å². The normalized spacial score (nSPS) is 11.0. The van der Waals surface area contributed by atoms with E-state index in [2.05, 4.69) is 4.98 Å². The maximum absolute atomic E-state index is 13.0. The maximum Gasteiger partial charge on any atom is 0.292 e. The molecule has 0 radical (unpaired) electrons. The Hall–Kier alpha value is -2.84. The molecule has 3 rings (SSSR count). The first-order valence-electron chi connectivity index (χ1n) is 10.4. The standard InChI is InChI=1S/C23H26ClN3O4S/c1-4-12-31-19-11-8-17(20(24)13-19)14-26-15-21(25-22(26)5-2)23(28)27(32(29)30)18-9-6-16(3)7-10-18/h6-11,13,15,32H,4-5,12,14H2,1-3H3. The smallest absolute Gasteiger partial charge is 0.292 e. The molecule has 0 saturated carbocycles. The molecule has 2 aromatic carbocycles. The molecule has 170 valence electrons. The number of amides is 1.